The lowest BCUT2D eigenvalue weighted by molar-refractivity contribution is -0.139. The highest BCUT2D eigenvalue weighted by Crippen LogP contribution is 2.19. The highest BCUT2D eigenvalue weighted by Gasteiger charge is 2.23. The van der Waals surface area contributed by atoms with Gasteiger partial charge in [-0.25, -0.2) is 13.1 Å². The summed E-state index contributed by atoms with van der Waals surface area (Å²) in [6.45, 7) is 1.13. The molecule has 12 heteroatoms. The second-order valence-corrected chi connectivity index (χ2v) is 7.82. The van der Waals surface area contributed by atoms with Crippen LogP contribution in [0.4, 0.5) is 5.13 Å². The van der Waals surface area contributed by atoms with Gasteiger partial charge in [0.05, 0.1) is 7.11 Å². The first-order valence-corrected chi connectivity index (χ1v) is 8.63. The number of hydrogen-bond acceptors (Lipinski definition) is 8. The van der Waals surface area contributed by atoms with E-state index in [0.29, 0.717) is 11.3 Å². The average molecular weight is 434 g/mol. The number of esters is 1. The molecule has 112 valence electrons. The Morgan fingerprint density at radius 1 is 1.45 bits per heavy atom. The number of halogens is 1. The number of rotatable bonds is 6. The third kappa shape index (κ3) is 4.92. The number of aromatic nitrogens is 2. The molecule has 1 atom stereocenters. The lowest BCUT2D eigenvalue weighted by Gasteiger charge is -2.07. The number of anilines is 1. The Balaban J connectivity index is 2.71. The minimum absolute atomic E-state index is 0.0804. The topological polar surface area (TPSA) is 127 Å². The van der Waals surface area contributed by atoms with E-state index in [1.807, 2.05) is 0 Å². The fraction of sp³-hybridized carbons (Fsp3) is 0.500. The molecule has 1 aromatic rings. The standard InChI is InChI=1S/C8H11IN4O5S2/c1-4(14)11-7-12-13-8(19-7)20(16,17)10-3-5(9)6(15)18-2/h5,10H,3H2,1-2H3,(H,11,12,14). The van der Waals surface area contributed by atoms with Crippen LogP contribution < -0.4 is 10.0 Å². The van der Waals surface area contributed by atoms with E-state index in [9.17, 15) is 18.0 Å². The summed E-state index contributed by atoms with van der Waals surface area (Å²) in [6.07, 6.45) is 0. The first-order valence-electron chi connectivity index (χ1n) is 5.09. The predicted molar refractivity (Wildman–Crippen MR) is 79.2 cm³/mol. The lowest BCUT2D eigenvalue weighted by Crippen LogP contribution is -2.33. The van der Waals surface area contributed by atoms with Gasteiger partial charge >= 0.3 is 5.97 Å². The zero-order chi connectivity index (χ0) is 15.3. The minimum atomic E-state index is -3.88. The normalized spacial score (nSPS) is 12.8. The molecule has 0 spiro atoms. The van der Waals surface area contributed by atoms with Crippen molar-refractivity contribution in [2.75, 3.05) is 19.0 Å². The molecular weight excluding hydrogens is 423 g/mol. The van der Waals surface area contributed by atoms with Gasteiger partial charge in [0.2, 0.25) is 15.4 Å². The van der Waals surface area contributed by atoms with Crippen molar-refractivity contribution >= 4 is 61.0 Å². The molecule has 0 aliphatic carbocycles. The Hall–Kier alpha value is -0.860. The Bertz CT molecular complexity index is 602. The van der Waals surface area contributed by atoms with Crippen LogP contribution in [0, 0.1) is 0 Å². The van der Waals surface area contributed by atoms with Gasteiger partial charge in [-0.05, 0) is 0 Å². The first kappa shape index (κ1) is 17.2. The number of amides is 1. The summed E-state index contributed by atoms with van der Waals surface area (Å²) < 4.78 is 29.5. The molecule has 0 aliphatic rings. The Labute approximate surface area is 132 Å². The van der Waals surface area contributed by atoms with Crippen molar-refractivity contribution in [3.05, 3.63) is 0 Å². The summed E-state index contributed by atoms with van der Waals surface area (Å²) in [5, 5.41) is 9.40. The van der Waals surface area contributed by atoms with E-state index in [4.69, 9.17) is 0 Å². The molecule has 1 aromatic heterocycles. The number of nitrogens with zero attached hydrogens (tertiary/aromatic N) is 2. The van der Waals surface area contributed by atoms with Crippen LogP contribution in [0.2, 0.25) is 0 Å². The molecule has 1 amide bonds. The molecule has 0 saturated carbocycles. The van der Waals surface area contributed by atoms with Gasteiger partial charge in [0.15, 0.2) is 0 Å². The molecule has 20 heavy (non-hydrogen) atoms. The second kappa shape index (κ2) is 7.24. The van der Waals surface area contributed by atoms with Crippen molar-refractivity contribution in [3.63, 3.8) is 0 Å². The summed E-state index contributed by atoms with van der Waals surface area (Å²) in [5.41, 5.74) is 0. The van der Waals surface area contributed by atoms with E-state index in [-0.39, 0.29) is 21.9 Å². The van der Waals surface area contributed by atoms with Gasteiger partial charge < -0.3 is 10.1 Å². The highest BCUT2D eigenvalue weighted by atomic mass is 127. The summed E-state index contributed by atoms with van der Waals surface area (Å²) >= 11 is 2.47. The van der Waals surface area contributed by atoms with Crippen LogP contribution in [0.15, 0.2) is 4.34 Å². The fourth-order valence-corrected chi connectivity index (χ4v) is 3.78. The van der Waals surface area contributed by atoms with Gasteiger partial charge in [-0.15, -0.1) is 10.2 Å². The molecule has 0 fully saturated rings. The number of methoxy groups -OCH3 is 1. The Kier molecular flexibility index (Phi) is 6.22. The SMILES string of the molecule is COC(=O)C(I)CNS(=O)(=O)c1nnc(NC(C)=O)s1. The van der Waals surface area contributed by atoms with Crippen LogP contribution in [-0.2, 0) is 24.3 Å². The number of nitrogens with one attached hydrogen (secondary N) is 2. The average Bonchev–Trinajstić information content (AvgIpc) is 2.83. The first-order chi connectivity index (χ1) is 9.26. The molecule has 1 heterocycles. The minimum Gasteiger partial charge on any atom is -0.468 e. The molecule has 1 rings (SSSR count). The van der Waals surface area contributed by atoms with Crippen molar-refractivity contribution < 1.29 is 22.7 Å². The zero-order valence-electron chi connectivity index (χ0n) is 10.4. The van der Waals surface area contributed by atoms with Crippen LogP contribution in [0.5, 0.6) is 0 Å². The molecule has 2 N–H and O–H groups in total. The van der Waals surface area contributed by atoms with Crippen LogP contribution in [0.3, 0.4) is 0 Å². The Morgan fingerprint density at radius 2 is 2.10 bits per heavy atom. The molecule has 0 radical (unpaired) electrons. The van der Waals surface area contributed by atoms with E-state index in [1.54, 1.807) is 22.6 Å². The third-order valence-corrected chi connectivity index (χ3v) is 5.41. The van der Waals surface area contributed by atoms with Crippen LogP contribution in [0.25, 0.3) is 0 Å². The molecule has 0 saturated heterocycles. The lowest BCUT2D eigenvalue weighted by atomic mass is 10.4. The maximum Gasteiger partial charge on any atom is 0.319 e. The second-order valence-electron chi connectivity index (χ2n) is 3.40. The summed E-state index contributed by atoms with van der Waals surface area (Å²) in [4.78, 5) is 22.0. The van der Waals surface area contributed by atoms with Gasteiger partial charge in [0.1, 0.15) is 3.92 Å². The maximum absolute atomic E-state index is 11.9. The van der Waals surface area contributed by atoms with E-state index in [2.05, 4.69) is 25.0 Å². The maximum atomic E-state index is 11.9. The van der Waals surface area contributed by atoms with Crippen LogP contribution >= 0.6 is 33.9 Å². The van der Waals surface area contributed by atoms with Crippen LogP contribution in [0.1, 0.15) is 6.92 Å². The molecule has 0 bridgehead atoms. The summed E-state index contributed by atoms with van der Waals surface area (Å²) in [5.74, 6) is -0.916. The van der Waals surface area contributed by atoms with Crippen molar-refractivity contribution in [2.45, 2.75) is 15.2 Å². The number of hydrogen-bond donors (Lipinski definition) is 2. The number of ether oxygens (including phenoxy) is 1. The zero-order valence-corrected chi connectivity index (χ0v) is 14.2. The van der Waals surface area contributed by atoms with Crippen molar-refractivity contribution in [1.82, 2.24) is 14.9 Å². The van der Waals surface area contributed by atoms with Gasteiger partial charge in [-0.2, -0.15) is 0 Å². The quantitative estimate of drug-likeness (QED) is 0.274. The monoisotopic (exact) mass is 434 g/mol. The van der Waals surface area contributed by atoms with Gasteiger partial charge in [-0.1, -0.05) is 33.9 Å². The predicted octanol–water partition coefficient (Wildman–Crippen LogP) is -0.249. The van der Waals surface area contributed by atoms with Gasteiger partial charge in [0.25, 0.3) is 10.0 Å². The van der Waals surface area contributed by atoms with E-state index in [0.717, 1.165) is 0 Å². The highest BCUT2D eigenvalue weighted by molar-refractivity contribution is 14.1. The molecule has 0 aromatic carbocycles. The molecular formula is C8H11IN4O5S2. The Morgan fingerprint density at radius 3 is 2.65 bits per heavy atom. The largest absolute Gasteiger partial charge is 0.468 e. The van der Waals surface area contributed by atoms with Crippen LogP contribution in [-0.4, -0.2) is 48.1 Å². The van der Waals surface area contributed by atoms with Crippen molar-refractivity contribution in [3.8, 4) is 0 Å². The number of sulfonamides is 1. The number of alkyl halides is 1. The summed E-state index contributed by atoms with van der Waals surface area (Å²) in [6, 6.07) is 0. The van der Waals surface area contributed by atoms with Gasteiger partial charge in [-0.3, -0.25) is 9.59 Å². The number of carbonyl (C=O) groups excluding carboxylic acids is 2. The molecule has 1 unspecified atom stereocenters. The van der Waals surface area contributed by atoms with E-state index >= 15 is 0 Å². The van der Waals surface area contributed by atoms with E-state index < -0.39 is 19.9 Å². The number of carbonyl (C=O) groups is 2. The van der Waals surface area contributed by atoms with Crippen molar-refractivity contribution in [1.29, 1.82) is 0 Å². The molecule has 9 nitrogen and oxygen atoms in total. The summed E-state index contributed by atoms with van der Waals surface area (Å²) in [7, 11) is -2.67. The van der Waals surface area contributed by atoms with Crippen molar-refractivity contribution in [2.24, 2.45) is 0 Å². The van der Waals surface area contributed by atoms with E-state index in [1.165, 1.54) is 14.0 Å². The fourth-order valence-electron chi connectivity index (χ4n) is 0.975. The molecule has 0 aliphatic heterocycles. The van der Waals surface area contributed by atoms with Gasteiger partial charge in [0, 0.05) is 13.5 Å². The third-order valence-electron chi connectivity index (χ3n) is 1.83. The smallest absolute Gasteiger partial charge is 0.319 e.